The minimum absolute atomic E-state index is 0.940. The van der Waals surface area contributed by atoms with E-state index in [0.717, 1.165) is 37.3 Å². The molecule has 0 saturated heterocycles. The van der Waals surface area contributed by atoms with Crippen molar-refractivity contribution in [2.75, 3.05) is 0 Å². The van der Waals surface area contributed by atoms with Crippen molar-refractivity contribution >= 4 is 65.9 Å². The second-order valence-corrected chi connectivity index (χ2v) is 17.4. The number of benzene rings is 7. The van der Waals surface area contributed by atoms with Crippen molar-refractivity contribution in [2.24, 2.45) is 0 Å². The van der Waals surface area contributed by atoms with Gasteiger partial charge in [-0.05, 0) is 183 Å². The number of hydrogen-bond donors (Lipinski definition) is 0. The van der Waals surface area contributed by atoms with Crippen LogP contribution in [0.25, 0.3) is 99.8 Å². The molecule has 0 N–H and O–H groups in total. The van der Waals surface area contributed by atoms with Crippen molar-refractivity contribution in [3.8, 4) is 33.9 Å². The summed E-state index contributed by atoms with van der Waals surface area (Å²) in [7, 11) is 0. The van der Waals surface area contributed by atoms with Crippen LogP contribution >= 0.6 is 0 Å². The van der Waals surface area contributed by atoms with Gasteiger partial charge in [0.15, 0.2) is 0 Å². The van der Waals surface area contributed by atoms with E-state index in [1.54, 1.807) is 0 Å². The number of rotatable bonds is 4. The molecule has 0 bridgehead atoms. The summed E-state index contributed by atoms with van der Waals surface area (Å²) >= 11 is 0. The molecule has 4 heterocycles. The maximum absolute atomic E-state index is 5.01. The van der Waals surface area contributed by atoms with Gasteiger partial charge in [0.25, 0.3) is 0 Å². The van der Waals surface area contributed by atoms with Crippen LogP contribution in [0, 0.1) is 13.8 Å². The molecule has 0 spiro atoms. The standard InChI is InChI=1S/C58H42N4/c1-35-23-25-59-57(27-35)61-53-21-19-39(45-15-7-11-37-9-3-5-13-43(37)45)29-49(53)51-31-41-17-18-42-32-52-50-30-40(46-16-8-12-38-10-4-6-14-44(38)46)20-22-54(50)62(58-28-36(2)24-26-60-58)56(52)34-48(42)47(41)33-55(51)61/h3-16,19,21,23-34H,17-18,20,22H2,1-2H3. The topological polar surface area (TPSA) is 35.6 Å². The lowest BCUT2D eigenvalue weighted by Gasteiger charge is -2.21. The Bertz CT molecular complexity index is 3720. The van der Waals surface area contributed by atoms with Crippen LogP contribution in [0.4, 0.5) is 0 Å². The van der Waals surface area contributed by atoms with Gasteiger partial charge in [-0.2, -0.15) is 0 Å². The van der Waals surface area contributed by atoms with Gasteiger partial charge in [-0.3, -0.25) is 9.13 Å². The van der Waals surface area contributed by atoms with Crippen molar-refractivity contribution in [3.05, 3.63) is 203 Å². The molecule has 2 aliphatic carbocycles. The molecule has 7 aromatic carbocycles. The summed E-state index contributed by atoms with van der Waals surface area (Å²) in [6.45, 7) is 4.32. The Labute approximate surface area is 360 Å². The molecule has 62 heavy (non-hydrogen) atoms. The number of allylic oxidation sites excluding steroid dienone is 1. The van der Waals surface area contributed by atoms with Crippen molar-refractivity contribution in [3.63, 3.8) is 0 Å². The Balaban J connectivity index is 1.05. The van der Waals surface area contributed by atoms with Gasteiger partial charge in [0.05, 0.1) is 16.6 Å². The van der Waals surface area contributed by atoms with Gasteiger partial charge in [0, 0.05) is 39.8 Å². The highest BCUT2D eigenvalue weighted by atomic mass is 15.1. The van der Waals surface area contributed by atoms with Crippen LogP contribution in [0.1, 0.15) is 45.5 Å². The second-order valence-electron chi connectivity index (χ2n) is 17.4. The number of hydrogen-bond acceptors (Lipinski definition) is 2. The summed E-state index contributed by atoms with van der Waals surface area (Å²) in [5, 5.41) is 8.95. The molecule has 4 nitrogen and oxygen atoms in total. The molecule has 0 fully saturated rings. The Morgan fingerprint density at radius 2 is 1.00 bits per heavy atom. The monoisotopic (exact) mass is 794 g/mol. The van der Waals surface area contributed by atoms with E-state index in [2.05, 4.69) is 181 Å². The van der Waals surface area contributed by atoms with Crippen LogP contribution in [0.3, 0.4) is 0 Å². The summed E-state index contributed by atoms with van der Waals surface area (Å²) < 4.78 is 4.85. The number of pyridine rings is 2. The SMILES string of the molecule is Cc1ccnc(-n2c3c(c4cc5c(cc42)-c2cc4c(cc2CC5)c2cc(-c5cccc6ccccc56)ccc2n4-c2cc(C)ccn2)C=C(c2cccc4ccccc24)CC3)c1. The second kappa shape index (κ2) is 13.5. The van der Waals surface area contributed by atoms with Gasteiger partial charge < -0.3 is 0 Å². The van der Waals surface area contributed by atoms with Crippen LogP contribution in [-0.4, -0.2) is 19.1 Å². The van der Waals surface area contributed by atoms with E-state index in [4.69, 9.17) is 9.97 Å². The smallest absolute Gasteiger partial charge is 0.137 e. The van der Waals surface area contributed by atoms with Crippen molar-refractivity contribution in [1.82, 2.24) is 19.1 Å². The van der Waals surface area contributed by atoms with Crippen LogP contribution in [0.2, 0.25) is 0 Å². The fourth-order valence-electron chi connectivity index (χ4n) is 10.8. The molecule has 4 heteroatoms. The number of aromatic nitrogens is 4. The summed E-state index contributed by atoms with van der Waals surface area (Å²) in [6.07, 6.45) is 10.3. The largest absolute Gasteiger partial charge is 0.298 e. The molecule has 0 radical (unpaired) electrons. The molecule has 0 aliphatic heterocycles. The fraction of sp³-hybridized carbons (Fsp3) is 0.103. The van der Waals surface area contributed by atoms with Crippen LogP contribution < -0.4 is 0 Å². The maximum atomic E-state index is 5.01. The van der Waals surface area contributed by atoms with E-state index < -0.39 is 0 Å². The van der Waals surface area contributed by atoms with E-state index in [0.29, 0.717) is 0 Å². The molecule has 0 unspecified atom stereocenters. The number of fused-ring (bicyclic) bond motifs is 11. The van der Waals surface area contributed by atoms with E-state index in [1.165, 1.54) is 121 Å². The van der Waals surface area contributed by atoms with Crippen LogP contribution in [0.15, 0.2) is 164 Å². The lowest BCUT2D eigenvalue weighted by atomic mass is 9.83. The van der Waals surface area contributed by atoms with Crippen LogP contribution in [-0.2, 0) is 19.3 Å². The third-order valence-corrected chi connectivity index (χ3v) is 13.7. The first-order chi connectivity index (χ1) is 30.5. The number of nitrogens with zero attached hydrogens (tertiary/aromatic N) is 4. The van der Waals surface area contributed by atoms with Crippen molar-refractivity contribution < 1.29 is 0 Å². The molecule has 11 aromatic rings. The van der Waals surface area contributed by atoms with Gasteiger partial charge >= 0.3 is 0 Å². The van der Waals surface area contributed by atoms with Gasteiger partial charge in [0.2, 0.25) is 0 Å². The van der Waals surface area contributed by atoms with Gasteiger partial charge in [0.1, 0.15) is 11.6 Å². The van der Waals surface area contributed by atoms with Gasteiger partial charge in [-0.1, -0.05) is 91.0 Å². The summed E-state index contributed by atoms with van der Waals surface area (Å²) in [5.74, 6) is 1.92. The molecular weight excluding hydrogens is 753 g/mol. The van der Waals surface area contributed by atoms with Crippen molar-refractivity contribution in [1.29, 1.82) is 0 Å². The minimum atomic E-state index is 0.940. The molecule has 294 valence electrons. The number of aryl methyl sites for hydroxylation is 4. The summed E-state index contributed by atoms with van der Waals surface area (Å²) in [6, 6.07) is 56.4. The normalized spacial score (nSPS) is 13.5. The van der Waals surface area contributed by atoms with E-state index in [-0.39, 0.29) is 0 Å². The first-order valence-corrected chi connectivity index (χ1v) is 21.9. The van der Waals surface area contributed by atoms with Gasteiger partial charge in [-0.25, -0.2) is 9.97 Å². The average Bonchev–Trinajstić information content (AvgIpc) is 3.80. The molecule has 13 rings (SSSR count). The lowest BCUT2D eigenvalue weighted by molar-refractivity contribution is 0.878. The van der Waals surface area contributed by atoms with E-state index in [9.17, 15) is 0 Å². The Morgan fingerprint density at radius 3 is 1.69 bits per heavy atom. The lowest BCUT2D eigenvalue weighted by Crippen LogP contribution is -2.07. The average molecular weight is 795 g/mol. The van der Waals surface area contributed by atoms with Crippen molar-refractivity contribution in [2.45, 2.75) is 39.5 Å². The zero-order valence-electron chi connectivity index (χ0n) is 34.8. The third-order valence-electron chi connectivity index (χ3n) is 13.7. The first kappa shape index (κ1) is 35.2. The zero-order chi connectivity index (χ0) is 41.1. The molecule has 0 amide bonds. The van der Waals surface area contributed by atoms with Gasteiger partial charge in [-0.15, -0.1) is 0 Å². The highest BCUT2D eigenvalue weighted by Crippen LogP contribution is 2.46. The maximum Gasteiger partial charge on any atom is 0.137 e. The quantitative estimate of drug-likeness (QED) is 0.178. The zero-order valence-corrected chi connectivity index (χ0v) is 34.8. The Kier molecular flexibility index (Phi) is 7.65. The Morgan fingerprint density at radius 1 is 0.419 bits per heavy atom. The molecule has 0 saturated carbocycles. The predicted octanol–water partition coefficient (Wildman–Crippen LogP) is 14.4. The third kappa shape index (κ3) is 5.32. The highest BCUT2D eigenvalue weighted by molar-refractivity contribution is 6.13. The predicted molar refractivity (Wildman–Crippen MR) is 259 cm³/mol. The molecule has 0 atom stereocenters. The first-order valence-electron chi connectivity index (χ1n) is 21.9. The summed E-state index contributed by atoms with van der Waals surface area (Å²) in [4.78, 5) is 9.99. The fourth-order valence-corrected chi connectivity index (χ4v) is 10.8. The van der Waals surface area contributed by atoms with E-state index >= 15 is 0 Å². The van der Waals surface area contributed by atoms with Crippen LogP contribution in [0.5, 0.6) is 0 Å². The minimum Gasteiger partial charge on any atom is -0.298 e. The molecular formula is C58H42N4. The molecule has 2 aliphatic rings. The highest BCUT2D eigenvalue weighted by Gasteiger charge is 2.27. The molecule has 4 aromatic heterocycles. The summed E-state index contributed by atoms with van der Waals surface area (Å²) in [5.41, 5.74) is 19.3. The Hall–Kier alpha value is -7.56. The van der Waals surface area contributed by atoms with E-state index in [1.807, 2.05) is 12.4 Å².